The van der Waals surface area contributed by atoms with Crippen molar-refractivity contribution in [1.29, 1.82) is 5.26 Å². The van der Waals surface area contributed by atoms with Crippen LogP contribution in [-0.2, 0) is 17.4 Å². The molecule has 0 saturated carbocycles. The van der Waals surface area contributed by atoms with Gasteiger partial charge in [0.2, 0.25) is 5.91 Å². The van der Waals surface area contributed by atoms with E-state index in [-0.39, 0.29) is 27.8 Å². The first-order valence-electron chi connectivity index (χ1n) is 7.75. The first-order valence-corrected chi connectivity index (χ1v) is 8.73. The molecule has 1 N–H and O–H groups in total. The summed E-state index contributed by atoms with van der Waals surface area (Å²) in [7, 11) is 0. The van der Waals surface area contributed by atoms with E-state index in [0.29, 0.717) is 5.69 Å². The zero-order chi connectivity index (χ0) is 19.3. The summed E-state index contributed by atoms with van der Waals surface area (Å²) in [5, 5.41) is 11.8. The van der Waals surface area contributed by atoms with E-state index < -0.39 is 11.9 Å². The summed E-state index contributed by atoms with van der Waals surface area (Å²) < 4.78 is 38.7. The highest BCUT2D eigenvalue weighted by Crippen LogP contribution is 2.32. The van der Waals surface area contributed by atoms with Crippen molar-refractivity contribution in [2.75, 3.05) is 11.1 Å². The van der Waals surface area contributed by atoms with E-state index in [4.69, 9.17) is 5.26 Å². The van der Waals surface area contributed by atoms with Crippen molar-refractivity contribution in [2.45, 2.75) is 31.5 Å². The predicted octanol–water partition coefficient (Wildman–Crippen LogP) is 4.57. The van der Waals surface area contributed by atoms with Gasteiger partial charge in [-0.25, -0.2) is 4.98 Å². The van der Waals surface area contributed by atoms with E-state index in [2.05, 4.69) is 10.3 Å². The Morgan fingerprint density at radius 3 is 2.69 bits per heavy atom. The van der Waals surface area contributed by atoms with Crippen LogP contribution in [0.5, 0.6) is 0 Å². The number of amides is 1. The average molecular weight is 379 g/mol. The molecule has 0 saturated heterocycles. The summed E-state index contributed by atoms with van der Waals surface area (Å²) in [6.45, 7) is 3.40. The number of thioether (sulfide) groups is 1. The van der Waals surface area contributed by atoms with Crippen LogP contribution in [0.4, 0.5) is 18.9 Å². The Hall–Kier alpha value is -2.53. The molecule has 26 heavy (non-hydrogen) atoms. The highest BCUT2D eigenvalue weighted by atomic mass is 32.2. The van der Waals surface area contributed by atoms with Crippen LogP contribution in [0.1, 0.15) is 29.3 Å². The molecule has 1 aromatic carbocycles. The van der Waals surface area contributed by atoms with Crippen LogP contribution in [0, 0.1) is 18.3 Å². The monoisotopic (exact) mass is 379 g/mol. The van der Waals surface area contributed by atoms with Gasteiger partial charge in [0, 0.05) is 5.69 Å². The molecule has 1 aromatic heterocycles. The van der Waals surface area contributed by atoms with Crippen LogP contribution in [0.2, 0.25) is 0 Å². The largest absolute Gasteiger partial charge is 0.433 e. The number of aromatic nitrogens is 1. The lowest BCUT2D eigenvalue weighted by Crippen LogP contribution is -2.15. The van der Waals surface area contributed by atoms with E-state index in [1.807, 2.05) is 31.2 Å². The molecule has 4 nitrogen and oxygen atoms in total. The standard InChI is InChI=1S/C18H16F3N3OS/c1-3-12-5-4-6-13(8-12)23-16(25)10-26-17-14(9-22)11(2)7-15(24-17)18(19,20)21/h4-8H,3,10H2,1-2H3,(H,23,25). The number of pyridine rings is 1. The first kappa shape index (κ1) is 19.8. The fourth-order valence-electron chi connectivity index (χ4n) is 2.23. The fraction of sp³-hybridized carbons (Fsp3) is 0.278. The number of aryl methyl sites for hydroxylation is 2. The smallest absolute Gasteiger partial charge is 0.325 e. The fourth-order valence-corrected chi connectivity index (χ4v) is 3.08. The summed E-state index contributed by atoms with van der Waals surface area (Å²) in [5.41, 5.74) is 0.811. The van der Waals surface area contributed by atoms with Crippen LogP contribution in [0.25, 0.3) is 0 Å². The number of hydrogen-bond acceptors (Lipinski definition) is 4. The van der Waals surface area contributed by atoms with Crippen LogP contribution < -0.4 is 5.32 Å². The number of benzene rings is 1. The second-order valence-corrected chi connectivity index (χ2v) is 6.47. The Morgan fingerprint density at radius 1 is 1.35 bits per heavy atom. The van der Waals surface area contributed by atoms with Crippen LogP contribution in [-0.4, -0.2) is 16.6 Å². The maximum absolute atomic E-state index is 12.9. The number of nitrogens with one attached hydrogen (secondary N) is 1. The first-order chi connectivity index (χ1) is 12.2. The summed E-state index contributed by atoms with van der Waals surface area (Å²) in [6, 6.07) is 9.98. The number of carbonyl (C=O) groups is 1. The summed E-state index contributed by atoms with van der Waals surface area (Å²) in [4.78, 5) is 15.6. The van der Waals surface area contributed by atoms with Gasteiger partial charge in [-0.3, -0.25) is 4.79 Å². The van der Waals surface area contributed by atoms with Gasteiger partial charge < -0.3 is 5.32 Å². The topological polar surface area (TPSA) is 65.8 Å². The Bertz CT molecular complexity index is 860. The minimum Gasteiger partial charge on any atom is -0.325 e. The Balaban J connectivity index is 2.14. The minimum absolute atomic E-state index is 0.0452. The number of anilines is 1. The molecule has 136 valence electrons. The van der Waals surface area contributed by atoms with Crippen molar-refractivity contribution in [1.82, 2.24) is 4.98 Å². The quantitative estimate of drug-likeness (QED) is 0.773. The highest BCUT2D eigenvalue weighted by molar-refractivity contribution is 8.00. The van der Waals surface area contributed by atoms with Crippen molar-refractivity contribution < 1.29 is 18.0 Å². The molecule has 0 bridgehead atoms. The zero-order valence-corrected chi connectivity index (χ0v) is 15.0. The normalized spacial score (nSPS) is 11.1. The van der Waals surface area contributed by atoms with Crippen LogP contribution in [0.3, 0.4) is 0 Å². The third-order valence-electron chi connectivity index (χ3n) is 3.54. The van der Waals surface area contributed by atoms with Crippen LogP contribution in [0.15, 0.2) is 35.4 Å². The second-order valence-electron chi connectivity index (χ2n) is 5.50. The van der Waals surface area contributed by atoms with Crippen molar-refractivity contribution in [3.63, 3.8) is 0 Å². The van der Waals surface area contributed by atoms with Gasteiger partial charge in [0.1, 0.15) is 16.8 Å². The van der Waals surface area contributed by atoms with Gasteiger partial charge in [-0.2, -0.15) is 18.4 Å². The molecular formula is C18H16F3N3OS. The minimum atomic E-state index is -4.61. The van der Waals surface area contributed by atoms with E-state index in [0.717, 1.165) is 29.8 Å². The molecule has 0 aliphatic heterocycles. The van der Waals surface area contributed by atoms with Gasteiger partial charge in [-0.05, 0) is 42.7 Å². The summed E-state index contributed by atoms with van der Waals surface area (Å²) in [5.74, 6) is -0.539. The van der Waals surface area contributed by atoms with Gasteiger partial charge in [-0.15, -0.1) is 0 Å². The maximum atomic E-state index is 12.9. The number of hydrogen-bond donors (Lipinski definition) is 1. The Labute approximate surface area is 153 Å². The number of halogens is 3. The highest BCUT2D eigenvalue weighted by Gasteiger charge is 2.34. The Morgan fingerprint density at radius 2 is 2.08 bits per heavy atom. The number of carbonyl (C=O) groups excluding carboxylic acids is 1. The molecule has 0 aliphatic rings. The lowest BCUT2D eigenvalue weighted by molar-refractivity contribution is -0.141. The molecule has 0 spiro atoms. The maximum Gasteiger partial charge on any atom is 0.433 e. The SMILES string of the molecule is CCc1cccc(NC(=O)CSc2nc(C(F)(F)F)cc(C)c2C#N)c1. The number of nitriles is 1. The third kappa shape index (κ3) is 4.99. The summed E-state index contributed by atoms with van der Waals surface area (Å²) in [6.07, 6.45) is -3.80. The van der Waals surface area contributed by atoms with Gasteiger partial charge in [0.15, 0.2) is 0 Å². The molecule has 0 unspecified atom stereocenters. The lowest BCUT2D eigenvalue weighted by atomic mass is 10.1. The molecule has 8 heteroatoms. The Kier molecular flexibility index (Phi) is 6.27. The third-order valence-corrected chi connectivity index (χ3v) is 4.52. The molecule has 1 amide bonds. The average Bonchev–Trinajstić information content (AvgIpc) is 2.58. The molecule has 0 aliphatic carbocycles. The van der Waals surface area contributed by atoms with Gasteiger partial charge in [-0.1, -0.05) is 30.8 Å². The molecule has 1 heterocycles. The van der Waals surface area contributed by atoms with Crippen LogP contribution >= 0.6 is 11.8 Å². The van der Waals surface area contributed by atoms with Gasteiger partial charge >= 0.3 is 6.18 Å². The molecule has 2 rings (SSSR count). The second kappa shape index (κ2) is 8.23. The van der Waals surface area contributed by atoms with Gasteiger partial charge in [0.25, 0.3) is 0 Å². The predicted molar refractivity (Wildman–Crippen MR) is 93.9 cm³/mol. The molecule has 0 fully saturated rings. The molecule has 0 radical (unpaired) electrons. The van der Waals surface area contributed by atoms with Crippen molar-refractivity contribution in [2.24, 2.45) is 0 Å². The van der Waals surface area contributed by atoms with E-state index >= 15 is 0 Å². The molecule has 2 aromatic rings. The van der Waals surface area contributed by atoms with E-state index in [1.165, 1.54) is 6.92 Å². The molecular weight excluding hydrogens is 363 g/mol. The zero-order valence-electron chi connectivity index (χ0n) is 14.1. The number of rotatable bonds is 5. The van der Waals surface area contributed by atoms with Crippen molar-refractivity contribution in [3.8, 4) is 6.07 Å². The number of alkyl halides is 3. The van der Waals surface area contributed by atoms with E-state index in [9.17, 15) is 18.0 Å². The lowest BCUT2D eigenvalue weighted by Gasteiger charge is -2.11. The molecule has 0 atom stereocenters. The van der Waals surface area contributed by atoms with Gasteiger partial charge in [0.05, 0.1) is 11.3 Å². The summed E-state index contributed by atoms with van der Waals surface area (Å²) >= 11 is 0.808. The van der Waals surface area contributed by atoms with Crippen molar-refractivity contribution >= 4 is 23.4 Å². The number of nitrogens with zero attached hydrogens (tertiary/aromatic N) is 2. The van der Waals surface area contributed by atoms with E-state index in [1.54, 1.807) is 6.07 Å². The van der Waals surface area contributed by atoms with Crippen molar-refractivity contribution in [3.05, 3.63) is 52.7 Å².